The Morgan fingerprint density at radius 3 is 2.74 bits per heavy atom. The monoisotopic (exact) mass is 262 g/mol. The van der Waals surface area contributed by atoms with Crippen molar-refractivity contribution in [3.05, 3.63) is 29.6 Å². The average molecular weight is 262 g/mol. The summed E-state index contributed by atoms with van der Waals surface area (Å²) in [5.74, 6) is 1.54. The maximum atomic E-state index is 13.8. The van der Waals surface area contributed by atoms with Crippen molar-refractivity contribution in [2.75, 3.05) is 18.0 Å². The van der Waals surface area contributed by atoms with E-state index in [0.29, 0.717) is 5.56 Å². The Bertz CT molecular complexity index is 446. The Morgan fingerprint density at radius 1 is 1.16 bits per heavy atom. The highest BCUT2D eigenvalue weighted by molar-refractivity contribution is 5.54. The number of piperidine rings is 1. The van der Waals surface area contributed by atoms with Gasteiger partial charge in [-0.05, 0) is 36.8 Å². The lowest BCUT2D eigenvalue weighted by Gasteiger charge is -2.42. The second-order valence-corrected chi connectivity index (χ2v) is 5.98. The minimum absolute atomic E-state index is 0.161. The van der Waals surface area contributed by atoms with Gasteiger partial charge in [0.1, 0.15) is 5.82 Å². The third-order valence-corrected chi connectivity index (χ3v) is 4.93. The van der Waals surface area contributed by atoms with Crippen molar-refractivity contribution in [2.24, 2.45) is 17.6 Å². The van der Waals surface area contributed by atoms with Crippen LogP contribution in [-0.2, 0) is 6.54 Å². The number of hydrogen-bond donors (Lipinski definition) is 1. The van der Waals surface area contributed by atoms with Gasteiger partial charge in [0, 0.05) is 30.9 Å². The van der Waals surface area contributed by atoms with Crippen LogP contribution in [0.5, 0.6) is 0 Å². The molecule has 2 nitrogen and oxygen atoms in total. The maximum absolute atomic E-state index is 13.8. The molecule has 1 aliphatic carbocycles. The van der Waals surface area contributed by atoms with Gasteiger partial charge in [-0.2, -0.15) is 0 Å². The third kappa shape index (κ3) is 2.48. The van der Waals surface area contributed by atoms with Gasteiger partial charge in [0.2, 0.25) is 0 Å². The van der Waals surface area contributed by atoms with Gasteiger partial charge in [-0.25, -0.2) is 4.39 Å². The highest BCUT2D eigenvalue weighted by Gasteiger charge is 2.31. The van der Waals surface area contributed by atoms with E-state index in [1.807, 2.05) is 6.07 Å². The number of nitrogens with two attached hydrogens (primary N) is 1. The van der Waals surface area contributed by atoms with Crippen LogP contribution in [0.2, 0.25) is 0 Å². The van der Waals surface area contributed by atoms with E-state index in [4.69, 9.17) is 5.73 Å². The summed E-state index contributed by atoms with van der Waals surface area (Å²) in [5, 5.41) is 0. The van der Waals surface area contributed by atoms with E-state index in [0.717, 1.165) is 30.6 Å². The lowest BCUT2D eigenvalue weighted by Crippen LogP contribution is -2.42. The number of halogens is 1. The number of fused-ring (bicyclic) bond motifs is 1. The molecule has 2 N–H and O–H groups in total. The molecular weight excluding hydrogens is 239 g/mol. The molecule has 2 atom stereocenters. The van der Waals surface area contributed by atoms with Crippen LogP contribution in [-0.4, -0.2) is 13.1 Å². The van der Waals surface area contributed by atoms with Gasteiger partial charge in [0.15, 0.2) is 0 Å². The summed E-state index contributed by atoms with van der Waals surface area (Å²) in [6.45, 7) is 2.42. The number of rotatable bonds is 2. The molecule has 0 radical (unpaired) electrons. The Balaban J connectivity index is 1.81. The van der Waals surface area contributed by atoms with E-state index in [-0.39, 0.29) is 12.4 Å². The normalized spacial score (nSPS) is 27.2. The van der Waals surface area contributed by atoms with Crippen molar-refractivity contribution in [1.82, 2.24) is 0 Å². The highest BCUT2D eigenvalue weighted by atomic mass is 19.1. The van der Waals surface area contributed by atoms with Crippen molar-refractivity contribution in [2.45, 2.75) is 38.6 Å². The molecule has 2 fully saturated rings. The fourth-order valence-electron chi connectivity index (χ4n) is 3.87. The van der Waals surface area contributed by atoms with Crippen molar-refractivity contribution >= 4 is 5.69 Å². The zero-order valence-electron chi connectivity index (χ0n) is 11.4. The van der Waals surface area contributed by atoms with Gasteiger partial charge in [-0.1, -0.05) is 25.3 Å². The van der Waals surface area contributed by atoms with Gasteiger partial charge in [0.25, 0.3) is 0 Å². The van der Waals surface area contributed by atoms with Crippen LogP contribution in [0, 0.1) is 17.7 Å². The summed E-state index contributed by atoms with van der Waals surface area (Å²) in [5.41, 5.74) is 7.42. The van der Waals surface area contributed by atoms with Gasteiger partial charge >= 0.3 is 0 Å². The largest absolute Gasteiger partial charge is 0.371 e. The first kappa shape index (κ1) is 12.9. The molecule has 1 heterocycles. The van der Waals surface area contributed by atoms with Gasteiger partial charge < -0.3 is 10.6 Å². The SMILES string of the molecule is NCc1c(F)cccc1N1CCC2CCCCC2C1. The predicted molar refractivity (Wildman–Crippen MR) is 76.6 cm³/mol. The lowest BCUT2D eigenvalue weighted by atomic mass is 9.75. The molecule has 2 aliphatic rings. The van der Waals surface area contributed by atoms with E-state index in [1.54, 1.807) is 6.07 Å². The van der Waals surface area contributed by atoms with Gasteiger partial charge in [0.05, 0.1) is 0 Å². The summed E-state index contributed by atoms with van der Waals surface area (Å²) in [6, 6.07) is 5.34. The summed E-state index contributed by atoms with van der Waals surface area (Å²) in [6.07, 6.45) is 6.75. The second kappa shape index (κ2) is 5.49. The second-order valence-electron chi connectivity index (χ2n) is 5.98. The van der Waals surface area contributed by atoms with E-state index in [9.17, 15) is 4.39 Å². The molecule has 19 heavy (non-hydrogen) atoms. The van der Waals surface area contributed by atoms with E-state index in [2.05, 4.69) is 4.90 Å². The zero-order chi connectivity index (χ0) is 13.2. The molecule has 1 aromatic rings. The Morgan fingerprint density at radius 2 is 1.95 bits per heavy atom. The van der Waals surface area contributed by atoms with Crippen LogP contribution >= 0.6 is 0 Å². The predicted octanol–water partition coefficient (Wildman–Crippen LogP) is 3.30. The Hall–Kier alpha value is -1.09. The topological polar surface area (TPSA) is 29.3 Å². The number of nitrogens with zero attached hydrogens (tertiary/aromatic N) is 1. The Kier molecular flexibility index (Phi) is 3.74. The molecule has 1 saturated heterocycles. The molecule has 0 aromatic heterocycles. The number of benzene rings is 1. The van der Waals surface area contributed by atoms with Crippen molar-refractivity contribution in [3.8, 4) is 0 Å². The van der Waals surface area contributed by atoms with E-state index in [1.165, 1.54) is 38.2 Å². The summed E-state index contributed by atoms with van der Waals surface area (Å²) in [4.78, 5) is 2.36. The minimum Gasteiger partial charge on any atom is -0.371 e. The average Bonchev–Trinajstić information content (AvgIpc) is 2.46. The fraction of sp³-hybridized carbons (Fsp3) is 0.625. The molecule has 1 saturated carbocycles. The van der Waals surface area contributed by atoms with Crippen LogP contribution < -0.4 is 10.6 Å². The van der Waals surface area contributed by atoms with Crippen LogP contribution in [0.3, 0.4) is 0 Å². The van der Waals surface area contributed by atoms with Crippen LogP contribution in [0.15, 0.2) is 18.2 Å². The summed E-state index contributed by atoms with van der Waals surface area (Å²) in [7, 11) is 0. The third-order valence-electron chi connectivity index (χ3n) is 4.93. The number of anilines is 1. The summed E-state index contributed by atoms with van der Waals surface area (Å²) >= 11 is 0. The molecule has 0 amide bonds. The first-order chi connectivity index (χ1) is 9.29. The van der Waals surface area contributed by atoms with E-state index < -0.39 is 0 Å². The first-order valence-electron chi connectivity index (χ1n) is 7.52. The van der Waals surface area contributed by atoms with Crippen molar-refractivity contribution in [1.29, 1.82) is 0 Å². The zero-order valence-corrected chi connectivity index (χ0v) is 11.4. The smallest absolute Gasteiger partial charge is 0.129 e. The Labute approximate surface area is 114 Å². The maximum Gasteiger partial charge on any atom is 0.129 e. The molecule has 3 heteroatoms. The quantitative estimate of drug-likeness (QED) is 0.886. The van der Waals surface area contributed by atoms with Crippen LogP contribution in [0.4, 0.5) is 10.1 Å². The molecule has 104 valence electrons. The lowest BCUT2D eigenvalue weighted by molar-refractivity contribution is 0.202. The molecule has 0 bridgehead atoms. The van der Waals surface area contributed by atoms with Crippen LogP contribution in [0.25, 0.3) is 0 Å². The fourth-order valence-corrected chi connectivity index (χ4v) is 3.87. The highest BCUT2D eigenvalue weighted by Crippen LogP contribution is 2.38. The molecular formula is C16H23FN2. The van der Waals surface area contributed by atoms with Crippen molar-refractivity contribution < 1.29 is 4.39 Å². The first-order valence-corrected chi connectivity index (χ1v) is 7.52. The van der Waals surface area contributed by atoms with Crippen molar-refractivity contribution in [3.63, 3.8) is 0 Å². The van der Waals surface area contributed by atoms with Gasteiger partial charge in [-0.3, -0.25) is 0 Å². The van der Waals surface area contributed by atoms with E-state index >= 15 is 0 Å². The van der Waals surface area contributed by atoms with Crippen LogP contribution in [0.1, 0.15) is 37.7 Å². The summed E-state index contributed by atoms with van der Waals surface area (Å²) < 4.78 is 13.8. The minimum atomic E-state index is -0.161. The molecule has 3 rings (SSSR count). The molecule has 1 aromatic carbocycles. The molecule has 0 spiro atoms. The van der Waals surface area contributed by atoms with Gasteiger partial charge in [-0.15, -0.1) is 0 Å². The number of hydrogen-bond acceptors (Lipinski definition) is 2. The molecule has 1 aliphatic heterocycles. The standard InChI is InChI=1S/C16H23FN2/c17-15-6-3-7-16(14(15)10-18)19-9-8-12-4-1-2-5-13(12)11-19/h3,6-7,12-13H,1-2,4-5,8-11,18H2. The molecule has 2 unspecified atom stereocenters.